The van der Waals surface area contributed by atoms with Gasteiger partial charge >= 0.3 is 0 Å². The maximum atomic E-state index is 4.66. The van der Waals surface area contributed by atoms with Gasteiger partial charge in [0.2, 0.25) is 0 Å². The Morgan fingerprint density at radius 2 is 1.95 bits per heavy atom. The van der Waals surface area contributed by atoms with Gasteiger partial charge in [-0.1, -0.05) is 12.2 Å². The molecule has 0 radical (unpaired) electrons. The molecular formula is C15H25N3S. The second-order valence-corrected chi connectivity index (χ2v) is 6.55. The Balaban J connectivity index is 2.53. The molecule has 1 N–H and O–H groups in total. The fourth-order valence-corrected chi connectivity index (χ4v) is 2.37. The number of rotatable bonds is 8. The minimum atomic E-state index is 0.129. The molecule has 19 heavy (non-hydrogen) atoms. The second kappa shape index (κ2) is 7.58. The van der Waals surface area contributed by atoms with E-state index in [1.807, 2.05) is 12.2 Å². The van der Waals surface area contributed by atoms with Crippen LogP contribution in [0.2, 0.25) is 0 Å². The minimum Gasteiger partial charge on any atom is -0.306 e. The van der Waals surface area contributed by atoms with Gasteiger partial charge in [0.1, 0.15) is 5.01 Å². The van der Waals surface area contributed by atoms with Gasteiger partial charge in [0.15, 0.2) is 0 Å². The summed E-state index contributed by atoms with van der Waals surface area (Å²) in [6.45, 7) is 17.5. The van der Waals surface area contributed by atoms with Crippen molar-refractivity contribution in [2.75, 3.05) is 13.1 Å². The Morgan fingerprint density at radius 1 is 1.32 bits per heavy atom. The average Bonchev–Trinajstić information content (AvgIpc) is 2.74. The van der Waals surface area contributed by atoms with Crippen LogP contribution < -0.4 is 5.32 Å². The van der Waals surface area contributed by atoms with Crippen LogP contribution in [0.3, 0.4) is 0 Å². The van der Waals surface area contributed by atoms with Gasteiger partial charge in [-0.2, -0.15) is 0 Å². The Morgan fingerprint density at radius 3 is 2.47 bits per heavy atom. The van der Waals surface area contributed by atoms with E-state index in [4.69, 9.17) is 0 Å². The maximum absolute atomic E-state index is 4.66. The summed E-state index contributed by atoms with van der Waals surface area (Å²) in [6.07, 6.45) is 3.83. The molecule has 1 aromatic heterocycles. The van der Waals surface area contributed by atoms with Crippen molar-refractivity contribution < 1.29 is 0 Å². The lowest BCUT2D eigenvalue weighted by Gasteiger charge is -2.19. The molecule has 0 aliphatic rings. The molecule has 106 valence electrons. The Labute approximate surface area is 121 Å². The van der Waals surface area contributed by atoms with E-state index < -0.39 is 0 Å². The van der Waals surface area contributed by atoms with Gasteiger partial charge < -0.3 is 5.32 Å². The lowest BCUT2D eigenvalue weighted by atomic mass is 10.1. The molecule has 4 heteroatoms. The molecule has 0 saturated carbocycles. The van der Waals surface area contributed by atoms with Crippen molar-refractivity contribution >= 4 is 11.3 Å². The Bertz CT molecular complexity index is 394. The lowest BCUT2D eigenvalue weighted by Crippen LogP contribution is -2.35. The summed E-state index contributed by atoms with van der Waals surface area (Å²) in [6, 6.07) is 0. The average molecular weight is 279 g/mol. The topological polar surface area (TPSA) is 28.2 Å². The van der Waals surface area contributed by atoms with Crippen LogP contribution in [0.25, 0.3) is 0 Å². The van der Waals surface area contributed by atoms with E-state index in [-0.39, 0.29) is 5.54 Å². The predicted octanol–water partition coefficient (Wildman–Crippen LogP) is 3.21. The standard InChI is InChI=1S/C15H25N3S/c1-6-8-18(9-7-2)11-13-12-19-14(17-13)10-16-15(3,4)5/h6-7,12,16H,1-2,8-11H2,3-5H3. The van der Waals surface area contributed by atoms with E-state index in [0.717, 1.165) is 36.9 Å². The third-order valence-electron chi connectivity index (χ3n) is 2.53. The van der Waals surface area contributed by atoms with E-state index in [2.05, 4.69) is 54.5 Å². The highest BCUT2D eigenvalue weighted by atomic mass is 32.1. The van der Waals surface area contributed by atoms with Crippen molar-refractivity contribution in [1.82, 2.24) is 15.2 Å². The second-order valence-electron chi connectivity index (χ2n) is 5.61. The number of nitrogens with one attached hydrogen (secondary N) is 1. The zero-order chi connectivity index (χ0) is 14.3. The van der Waals surface area contributed by atoms with E-state index in [1.54, 1.807) is 11.3 Å². The summed E-state index contributed by atoms with van der Waals surface area (Å²) in [4.78, 5) is 6.92. The van der Waals surface area contributed by atoms with E-state index in [1.165, 1.54) is 0 Å². The van der Waals surface area contributed by atoms with Crippen molar-refractivity contribution in [3.8, 4) is 0 Å². The van der Waals surface area contributed by atoms with Crippen LogP contribution >= 0.6 is 11.3 Å². The molecular weight excluding hydrogens is 254 g/mol. The molecule has 0 aliphatic heterocycles. The number of nitrogens with zero attached hydrogens (tertiary/aromatic N) is 2. The lowest BCUT2D eigenvalue weighted by molar-refractivity contribution is 0.324. The van der Waals surface area contributed by atoms with Crippen molar-refractivity contribution in [2.45, 2.75) is 39.4 Å². The first-order valence-electron chi connectivity index (χ1n) is 6.57. The smallest absolute Gasteiger partial charge is 0.107 e. The maximum Gasteiger partial charge on any atom is 0.107 e. The first-order valence-corrected chi connectivity index (χ1v) is 7.45. The third kappa shape index (κ3) is 6.66. The fourth-order valence-electron chi connectivity index (χ4n) is 1.64. The summed E-state index contributed by atoms with van der Waals surface area (Å²) in [7, 11) is 0. The largest absolute Gasteiger partial charge is 0.306 e. The zero-order valence-electron chi connectivity index (χ0n) is 12.3. The van der Waals surface area contributed by atoms with Gasteiger partial charge in [0, 0.05) is 37.1 Å². The summed E-state index contributed by atoms with van der Waals surface area (Å²) in [5.74, 6) is 0. The molecule has 0 aliphatic carbocycles. The normalized spacial score (nSPS) is 11.8. The molecule has 0 amide bonds. The van der Waals surface area contributed by atoms with Crippen LogP contribution in [0.15, 0.2) is 30.7 Å². The highest BCUT2D eigenvalue weighted by molar-refractivity contribution is 7.09. The molecule has 1 heterocycles. The minimum absolute atomic E-state index is 0.129. The van der Waals surface area contributed by atoms with E-state index in [0.29, 0.717) is 0 Å². The monoisotopic (exact) mass is 279 g/mol. The van der Waals surface area contributed by atoms with Crippen LogP contribution in [0.1, 0.15) is 31.5 Å². The molecule has 0 aromatic carbocycles. The summed E-state index contributed by atoms with van der Waals surface area (Å²) in [5.41, 5.74) is 1.25. The van der Waals surface area contributed by atoms with Crippen molar-refractivity contribution in [2.24, 2.45) is 0 Å². The van der Waals surface area contributed by atoms with Gasteiger partial charge in [-0.3, -0.25) is 4.90 Å². The highest BCUT2D eigenvalue weighted by Gasteiger charge is 2.11. The third-order valence-corrected chi connectivity index (χ3v) is 3.43. The van der Waals surface area contributed by atoms with E-state index >= 15 is 0 Å². The first-order chi connectivity index (χ1) is 8.94. The van der Waals surface area contributed by atoms with Crippen LogP contribution in [0.5, 0.6) is 0 Å². The quantitative estimate of drug-likeness (QED) is 0.741. The molecule has 0 unspecified atom stereocenters. The molecule has 0 bridgehead atoms. The SMILES string of the molecule is C=CCN(CC=C)Cc1csc(CNC(C)(C)C)n1. The first kappa shape index (κ1) is 16.1. The van der Waals surface area contributed by atoms with Gasteiger partial charge in [0.05, 0.1) is 5.69 Å². The van der Waals surface area contributed by atoms with Crippen molar-refractivity contribution in [3.05, 3.63) is 41.4 Å². The summed E-state index contributed by atoms with van der Waals surface area (Å²) >= 11 is 1.72. The molecule has 0 fully saturated rings. The van der Waals surface area contributed by atoms with Gasteiger partial charge in [-0.05, 0) is 20.8 Å². The van der Waals surface area contributed by atoms with Crippen LogP contribution in [-0.4, -0.2) is 28.5 Å². The van der Waals surface area contributed by atoms with Crippen LogP contribution in [-0.2, 0) is 13.1 Å². The van der Waals surface area contributed by atoms with Gasteiger partial charge in [0.25, 0.3) is 0 Å². The predicted molar refractivity (Wildman–Crippen MR) is 84.4 cm³/mol. The summed E-state index contributed by atoms with van der Waals surface area (Å²) in [5, 5.41) is 6.74. The molecule has 0 atom stereocenters. The van der Waals surface area contributed by atoms with Crippen molar-refractivity contribution in [1.29, 1.82) is 0 Å². The molecule has 3 nitrogen and oxygen atoms in total. The Hall–Kier alpha value is -0.970. The molecule has 0 saturated heterocycles. The summed E-state index contributed by atoms with van der Waals surface area (Å²) < 4.78 is 0. The molecule has 1 rings (SSSR count). The fraction of sp³-hybridized carbons (Fsp3) is 0.533. The molecule has 0 spiro atoms. The zero-order valence-corrected chi connectivity index (χ0v) is 13.1. The highest BCUT2D eigenvalue weighted by Crippen LogP contribution is 2.13. The number of hydrogen-bond donors (Lipinski definition) is 1. The van der Waals surface area contributed by atoms with E-state index in [9.17, 15) is 0 Å². The molecule has 1 aromatic rings. The van der Waals surface area contributed by atoms with Crippen LogP contribution in [0, 0.1) is 0 Å². The number of thiazole rings is 1. The van der Waals surface area contributed by atoms with Crippen LogP contribution in [0.4, 0.5) is 0 Å². The van der Waals surface area contributed by atoms with Gasteiger partial charge in [-0.25, -0.2) is 4.98 Å². The number of hydrogen-bond acceptors (Lipinski definition) is 4. The van der Waals surface area contributed by atoms with Crippen molar-refractivity contribution in [3.63, 3.8) is 0 Å². The number of aromatic nitrogens is 1. The Kier molecular flexibility index (Phi) is 6.42. The van der Waals surface area contributed by atoms with Gasteiger partial charge in [-0.15, -0.1) is 24.5 Å².